The number of benzene rings is 3. The predicted octanol–water partition coefficient (Wildman–Crippen LogP) is 6.21. The molecule has 0 fully saturated rings. The summed E-state index contributed by atoms with van der Waals surface area (Å²) < 4.78 is 7.38. The molecule has 0 bridgehead atoms. The van der Waals surface area contributed by atoms with Crippen molar-refractivity contribution in [1.29, 1.82) is 5.26 Å². The number of ether oxygens (including phenoxy) is 1. The summed E-state index contributed by atoms with van der Waals surface area (Å²) in [5.41, 5.74) is 4.53. The molecule has 1 amide bonds. The van der Waals surface area contributed by atoms with Gasteiger partial charge < -0.3 is 14.6 Å². The van der Waals surface area contributed by atoms with Crippen molar-refractivity contribution < 1.29 is 9.53 Å². The molecule has 0 spiro atoms. The average Bonchev–Trinajstić information content (AvgIpc) is 3.09. The molecule has 0 aliphatic heterocycles. The van der Waals surface area contributed by atoms with Crippen molar-refractivity contribution >= 4 is 40.2 Å². The summed E-state index contributed by atoms with van der Waals surface area (Å²) in [6.07, 6.45) is 1.66. The molecule has 0 saturated heterocycles. The Kier molecular flexibility index (Phi) is 6.48. The second-order valence-corrected chi connectivity index (χ2v) is 8.02. The molecule has 1 aromatic heterocycles. The van der Waals surface area contributed by atoms with Crippen LogP contribution in [0.25, 0.3) is 17.0 Å². The fourth-order valence-corrected chi connectivity index (χ4v) is 3.93. The van der Waals surface area contributed by atoms with Gasteiger partial charge in [-0.25, -0.2) is 0 Å². The van der Waals surface area contributed by atoms with Gasteiger partial charge in [-0.1, -0.05) is 48.0 Å². The number of rotatable bonds is 6. The number of para-hydroxylation sites is 1. The number of halogens is 1. The standard InChI is InChI=1S/C27H22ClN3O2/c1-18-25(14-20(16-29)27(32)30-22-6-5-7-23(15-22)33-2)24-8-3-4-9-26(24)31(18)17-19-10-12-21(28)13-11-19/h3-15H,17H2,1-2H3,(H,30,32)/b20-14+. The molecule has 6 heteroatoms. The zero-order valence-corrected chi connectivity index (χ0v) is 19.1. The van der Waals surface area contributed by atoms with Crippen molar-refractivity contribution in [3.05, 3.63) is 100 Å². The first-order chi connectivity index (χ1) is 16.0. The fraction of sp³-hybridized carbons (Fsp3) is 0.111. The van der Waals surface area contributed by atoms with Crippen LogP contribution in [0.4, 0.5) is 5.69 Å². The van der Waals surface area contributed by atoms with Crippen LogP contribution in [0.5, 0.6) is 5.75 Å². The highest BCUT2D eigenvalue weighted by Gasteiger charge is 2.16. The average molecular weight is 456 g/mol. The number of nitriles is 1. The number of aromatic nitrogens is 1. The summed E-state index contributed by atoms with van der Waals surface area (Å²) in [4.78, 5) is 12.9. The van der Waals surface area contributed by atoms with Crippen molar-refractivity contribution in [2.24, 2.45) is 0 Å². The van der Waals surface area contributed by atoms with Crippen molar-refractivity contribution in [1.82, 2.24) is 4.57 Å². The molecule has 0 aliphatic rings. The Hall–Kier alpha value is -4.01. The topological polar surface area (TPSA) is 67.0 Å². The zero-order valence-electron chi connectivity index (χ0n) is 18.3. The zero-order chi connectivity index (χ0) is 23.4. The minimum absolute atomic E-state index is 0.0234. The Morgan fingerprint density at radius 1 is 1.12 bits per heavy atom. The molecule has 0 radical (unpaired) electrons. The van der Waals surface area contributed by atoms with Gasteiger partial charge in [-0.05, 0) is 48.9 Å². The van der Waals surface area contributed by atoms with E-state index in [1.165, 1.54) is 0 Å². The van der Waals surface area contributed by atoms with Crippen molar-refractivity contribution in [2.45, 2.75) is 13.5 Å². The summed E-state index contributed by atoms with van der Waals surface area (Å²) >= 11 is 6.03. The first-order valence-electron chi connectivity index (χ1n) is 10.4. The van der Waals surface area contributed by atoms with Crippen LogP contribution in [0, 0.1) is 18.3 Å². The van der Waals surface area contributed by atoms with Crippen molar-refractivity contribution in [3.8, 4) is 11.8 Å². The van der Waals surface area contributed by atoms with Gasteiger partial charge in [-0.15, -0.1) is 0 Å². The van der Waals surface area contributed by atoms with Crippen LogP contribution in [0.15, 0.2) is 78.4 Å². The maximum absolute atomic E-state index is 12.9. The third kappa shape index (κ3) is 4.77. The number of nitrogens with zero attached hydrogens (tertiary/aromatic N) is 2. The molecule has 33 heavy (non-hydrogen) atoms. The number of nitrogens with one attached hydrogen (secondary N) is 1. The van der Waals surface area contributed by atoms with Gasteiger partial charge in [-0.3, -0.25) is 4.79 Å². The van der Waals surface area contributed by atoms with E-state index in [0.29, 0.717) is 23.0 Å². The van der Waals surface area contributed by atoms with Crippen LogP contribution < -0.4 is 10.1 Å². The molecular formula is C27H22ClN3O2. The van der Waals surface area contributed by atoms with Gasteiger partial charge >= 0.3 is 0 Å². The lowest BCUT2D eigenvalue weighted by Gasteiger charge is -2.09. The molecule has 3 aromatic carbocycles. The third-order valence-electron chi connectivity index (χ3n) is 5.51. The van der Waals surface area contributed by atoms with Gasteiger partial charge in [0, 0.05) is 45.5 Å². The van der Waals surface area contributed by atoms with E-state index >= 15 is 0 Å². The van der Waals surface area contributed by atoms with E-state index in [1.54, 1.807) is 37.5 Å². The maximum atomic E-state index is 12.9. The molecule has 4 rings (SSSR count). The monoisotopic (exact) mass is 455 g/mol. The first-order valence-corrected chi connectivity index (χ1v) is 10.8. The molecule has 0 aliphatic carbocycles. The number of hydrogen-bond acceptors (Lipinski definition) is 3. The van der Waals surface area contributed by atoms with Gasteiger partial charge in [0.05, 0.1) is 7.11 Å². The second-order valence-electron chi connectivity index (χ2n) is 7.58. The number of anilines is 1. The van der Waals surface area contributed by atoms with Gasteiger partial charge in [0.15, 0.2) is 0 Å². The number of amides is 1. The van der Waals surface area contributed by atoms with Crippen molar-refractivity contribution in [2.75, 3.05) is 12.4 Å². The Bertz CT molecular complexity index is 1400. The second kappa shape index (κ2) is 9.64. The summed E-state index contributed by atoms with van der Waals surface area (Å²) in [6.45, 7) is 2.64. The van der Waals surface area contributed by atoms with Crippen LogP contribution >= 0.6 is 11.6 Å². The Balaban J connectivity index is 1.72. The minimum Gasteiger partial charge on any atom is -0.497 e. The lowest BCUT2D eigenvalue weighted by molar-refractivity contribution is -0.112. The molecule has 4 aromatic rings. The largest absolute Gasteiger partial charge is 0.497 e. The molecule has 1 heterocycles. The van der Waals surface area contributed by atoms with Crippen LogP contribution in [0.3, 0.4) is 0 Å². The normalized spacial score (nSPS) is 11.3. The van der Waals surface area contributed by atoms with Gasteiger partial charge in [-0.2, -0.15) is 5.26 Å². The van der Waals surface area contributed by atoms with E-state index in [2.05, 4.69) is 16.0 Å². The molecule has 1 N–H and O–H groups in total. The summed E-state index contributed by atoms with van der Waals surface area (Å²) in [7, 11) is 1.56. The molecule has 0 unspecified atom stereocenters. The highest BCUT2D eigenvalue weighted by Crippen LogP contribution is 2.29. The van der Waals surface area contributed by atoms with E-state index < -0.39 is 5.91 Å². The van der Waals surface area contributed by atoms with Crippen LogP contribution in [-0.2, 0) is 11.3 Å². The van der Waals surface area contributed by atoms with Crippen LogP contribution in [-0.4, -0.2) is 17.6 Å². The summed E-state index contributed by atoms with van der Waals surface area (Å²) in [6, 6.07) is 24.8. The number of hydrogen-bond donors (Lipinski definition) is 1. The quantitative estimate of drug-likeness (QED) is 0.278. The van der Waals surface area contributed by atoms with Crippen LogP contribution in [0.2, 0.25) is 5.02 Å². The van der Waals surface area contributed by atoms with Gasteiger partial charge in [0.25, 0.3) is 5.91 Å². The highest BCUT2D eigenvalue weighted by atomic mass is 35.5. The maximum Gasteiger partial charge on any atom is 0.266 e. The molecular weight excluding hydrogens is 434 g/mol. The lowest BCUT2D eigenvalue weighted by Crippen LogP contribution is -2.13. The summed E-state index contributed by atoms with van der Waals surface area (Å²) in [5, 5.41) is 14.2. The SMILES string of the molecule is COc1cccc(NC(=O)/C(C#N)=C/c2c(C)n(Cc3ccc(Cl)cc3)c3ccccc23)c1. The lowest BCUT2D eigenvalue weighted by atomic mass is 10.1. The Labute approximate surface area is 197 Å². The van der Waals surface area contributed by atoms with E-state index in [9.17, 15) is 10.1 Å². The Morgan fingerprint density at radius 3 is 2.61 bits per heavy atom. The van der Waals surface area contributed by atoms with Gasteiger partial charge in [0.2, 0.25) is 0 Å². The number of carbonyl (C=O) groups is 1. The Morgan fingerprint density at radius 2 is 1.88 bits per heavy atom. The first kappa shape index (κ1) is 22.2. The highest BCUT2D eigenvalue weighted by molar-refractivity contribution is 6.30. The number of fused-ring (bicyclic) bond motifs is 1. The van der Waals surface area contributed by atoms with E-state index in [-0.39, 0.29) is 5.57 Å². The number of methoxy groups -OCH3 is 1. The number of carbonyl (C=O) groups excluding carboxylic acids is 1. The van der Waals surface area contributed by atoms with Crippen LogP contribution in [0.1, 0.15) is 16.8 Å². The van der Waals surface area contributed by atoms with E-state index in [1.807, 2.05) is 55.5 Å². The van der Waals surface area contributed by atoms with Gasteiger partial charge in [0.1, 0.15) is 17.4 Å². The minimum atomic E-state index is -0.473. The molecule has 0 saturated carbocycles. The molecule has 5 nitrogen and oxygen atoms in total. The fourth-order valence-electron chi connectivity index (χ4n) is 3.81. The van der Waals surface area contributed by atoms with E-state index in [4.69, 9.17) is 16.3 Å². The van der Waals surface area contributed by atoms with E-state index in [0.717, 1.165) is 27.7 Å². The molecule has 0 atom stereocenters. The smallest absolute Gasteiger partial charge is 0.266 e. The predicted molar refractivity (Wildman–Crippen MR) is 132 cm³/mol. The molecule has 164 valence electrons. The third-order valence-corrected chi connectivity index (χ3v) is 5.77. The van der Waals surface area contributed by atoms with Crippen molar-refractivity contribution in [3.63, 3.8) is 0 Å². The summed E-state index contributed by atoms with van der Waals surface area (Å²) in [5.74, 6) is 0.149.